The van der Waals surface area contributed by atoms with Gasteiger partial charge in [0.1, 0.15) is 11.5 Å². The van der Waals surface area contributed by atoms with Crippen molar-refractivity contribution in [2.24, 2.45) is 0 Å². The molecule has 0 spiro atoms. The van der Waals surface area contributed by atoms with Crippen LogP contribution in [0.15, 0.2) is 48.5 Å². The molecule has 0 aliphatic carbocycles. The topological polar surface area (TPSA) is 79.9 Å². The van der Waals surface area contributed by atoms with E-state index < -0.39 is 0 Å². The molecule has 26 heavy (non-hydrogen) atoms. The van der Waals surface area contributed by atoms with Crippen molar-refractivity contribution >= 4 is 23.3 Å². The minimum atomic E-state index is -0.347. The number of nitrogens with zero attached hydrogens (tertiary/aromatic N) is 1. The van der Waals surface area contributed by atoms with Crippen molar-refractivity contribution in [3.05, 3.63) is 48.5 Å². The Hall–Kier alpha value is -3.22. The minimum Gasteiger partial charge on any atom is -0.497 e. The standard InChI is InChI=1S/C19H21N3O4/c1-25-16-8-6-13(7-9-16)20-19(24)21-14-10-18(23)22(12-14)15-4-3-5-17(11-15)26-2/h3-9,11,14H,10,12H2,1-2H3,(H2,20,21,24)/t14-/m0/s1. The third-order valence-electron chi connectivity index (χ3n) is 4.17. The number of methoxy groups -OCH3 is 2. The van der Waals surface area contributed by atoms with E-state index in [-0.39, 0.29) is 24.4 Å². The van der Waals surface area contributed by atoms with Gasteiger partial charge in [-0.25, -0.2) is 4.79 Å². The number of urea groups is 1. The van der Waals surface area contributed by atoms with Gasteiger partial charge in [-0.2, -0.15) is 0 Å². The lowest BCUT2D eigenvalue weighted by atomic mass is 10.2. The summed E-state index contributed by atoms with van der Waals surface area (Å²) in [6.45, 7) is 0.419. The number of amides is 3. The van der Waals surface area contributed by atoms with Crippen molar-refractivity contribution in [2.75, 3.05) is 31.0 Å². The summed E-state index contributed by atoms with van der Waals surface area (Å²) in [6.07, 6.45) is 0.257. The summed E-state index contributed by atoms with van der Waals surface area (Å²) in [4.78, 5) is 26.1. The third kappa shape index (κ3) is 4.05. The molecule has 1 saturated heterocycles. The summed E-state index contributed by atoms with van der Waals surface area (Å²) in [7, 11) is 3.17. The molecule has 1 atom stereocenters. The van der Waals surface area contributed by atoms with Crippen molar-refractivity contribution in [3.63, 3.8) is 0 Å². The molecule has 1 heterocycles. The minimum absolute atomic E-state index is 0.0343. The highest BCUT2D eigenvalue weighted by Crippen LogP contribution is 2.25. The molecule has 0 saturated carbocycles. The number of benzene rings is 2. The number of carbonyl (C=O) groups is 2. The number of ether oxygens (including phenoxy) is 2. The molecule has 7 heteroatoms. The molecule has 1 aliphatic rings. The summed E-state index contributed by atoms with van der Waals surface area (Å²) in [6, 6.07) is 13.7. The van der Waals surface area contributed by atoms with E-state index in [0.717, 1.165) is 5.69 Å². The second-order valence-electron chi connectivity index (χ2n) is 5.93. The Morgan fingerprint density at radius 3 is 2.50 bits per heavy atom. The van der Waals surface area contributed by atoms with Crippen LogP contribution in [-0.2, 0) is 4.79 Å². The first-order chi connectivity index (χ1) is 12.6. The molecule has 0 aromatic heterocycles. The van der Waals surface area contributed by atoms with Gasteiger partial charge in [-0.05, 0) is 36.4 Å². The number of hydrogen-bond donors (Lipinski definition) is 2. The zero-order valence-corrected chi connectivity index (χ0v) is 14.7. The largest absolute Gasteiger partial charge is 0.497 e. The van der Waals surface area contributed by atoms with E-state index >= 15 is 0 Å². The van der Waals surface area contributed by atoms with Crippen molar-refractivity contribution in [1.29, 1.82) is 0 Å². The maximum Gasteiger partial charge on any atom is 0.319 e. The van der Waals surface area contributed by atoms with Crippen LogP contribution in [0.5, 0.6) is 11.5 Å². The molecule has 1 fully saturated rings. The van der Waals surface area contributed by atoms with Crippen LogP contribution in [0.2, 0.25) is 0 Å². The van der Waals surface area contributed by atoms with Crippen LogP contribution in [0.4, 0.5) is 16.2 Å². The maximum atomic E-state index is 12.3. The molecule has 2 N–H and O–H groups in total. The van der Waals surface area contributed by atoms with Crippen LogP contribution in [0.3, 0.4) is 0 Å². The molecule has 0 radical (unpaired) electrons. The molecule has 136 valence electrons. The lowest BCUT2D eigenvalue weighted by Gasteiger charge is -2.18. The van der Waals surface area contributed by atoms with Crippen LogP contribution >= 0.6 is 0 Å². The molecule has 2 aromatic carbocycles. The molecule has 1 aliphatic heterocycles. The smallest absolute Gasteiger partial charge is 0.319 e. The van der Waals surface area contributed by atoms with Crippen molar-refractivity contribution in [3.8, 4) is 11.5 Å². The number of carbonyl (C=O) groups excluding carboxylic acids is 2. The first kappa shape index (κ1) is 17.6. The van der Waals surface area contributed by atoms with E-state index in [1.165, 1.54) is 0 Å². The quantitative estimate of drug-likeness (QED) is 0.864. The third-order valence-corrected chi connectivity index (χ3v) is 4.17. The highest BCUT2D eigenvalue weighted by Gasteiger charge is 2.31. The van der Waals surface area contributed by atoms with Crippen LogP contribution < -0.4 is 25.0 Å². The van der Waals surface area contributed by atoms with E-state index in [1.807, 2.05) is 18.2 Å². The average molecular weight is 355 g/mol. The Balaban J connectivity index is 1.58. The number of rotatable bonds is 5. The van der Waals surface area contributed by atoms with Crippen molar-refractivity contribution in [1.82, 2.24) is 5.32 Å². The number of nitrogens with one attached hydrogen (secondary N) is 2. The monoisotopic (exact) mass is 355 g/mol. The fraction of sp³-hybridized carbons (Fsp3) is 0.263. The molecule has 0 unspecified atom stereocenters. The fourth-order valence-electron chi connectivity index (χ4n) is 2.86. The van der Waals surface area contributed by atoms with E-state index in [2.05, 4.69) is 10.6 Å². The van der Waals surface area contributed by atoms with Gasteiger partial charge in [0.2, 0.25) is 5.91 Å². The van der Waals surface area contributed by atoms with Gasteiger partial charge in [0.05, 0.1) is 20.3 Å². The van der Waals surface area contributed by atoms with Gasteiger partial charge in [0, 0.05) is 30.4 Å². The van der Waals surface area contributed by atoms with E-state index in [1.54, 1.807) is 49.5 Å². The maximum absolute atomic E-state index is 12.3. The Morgan fingerprint density at radius 2 is 1.81 bits per heavy atom. The Kier molecular flexibility index (Phi) is 5.26. The molecule has 2 aromatic rings. The normalized spacial score (nSPS) is 16.3. The molecule has 3 amide bonds. The van der Waals surface area contributed by atoms with Gasteiger partial charge >= 0.3 is 6.03 Å². The predicted octanol–water partition coefficient (Wildman–Crippen LogP) is 2.63. The van der Waals surface area contributed by atoms with Gasteiger partial charge in [0.15, 0.2) is 0 Å². The second-order valence-corrected chi connectivity index (χ2v) is 5.93. The fourth-order valence-corrected chi connectivity index (χ4v) is 2.86. The van der Waals surface area contributed by atoms with Gasteiger partial charge in [-0.15, -0.1) is 0 Å². The zero-order chi connectivity index (χ0) is 18.5. The Labute approximate surface area is 151 Å². The molecule has 3 rings (SSSR count). The number of anilines is 2. The van der Waals surface area contributed by atoms with Gasteiger partial charge in [-0.3, -0.25) is 4.79 Å². The van der Waals surface area contributed by atoms with Crippen molar-refractivity contribution < 1.29 is 19.1 Å². The molecule has 7 nitrogen and oxygen atoms in total. The van der Waals surface area contributed by atoms with Crippen molar-refractivity contribution in [2.45, 2.75) is 12.5 Å². The highest BCUT2D eigenvalue weighted by molar-refractivity contribution is 5.97. The molecule has 0 bridgehead atoms. The van der Waals surface area contributed by atoms with Crippen LogP contribution in [0.25, 0.3) is 0 Å². The predicted molar refractivity (Wildman–Crippen MR) is 98.9 cm³/mol. The summed E-state index contributed by atoms with van der Waals surface area (Å²) in [5.74, 6) is 1.36. The lowest BCUT2D eigenvalue weighted by molar-refractivity contribution is -0.117. The average Bonchev–Trinajstić information content (AvgIpc) is 3.02. The van der Waals surface area contributed by atoms with E-state index in [4.69, 9.17) is 9.47 Å². The molecular weight excluding hydrogens is 334 g/mol. The summed E-state index contributed by atoms with van der Waals surface area (Å²) >= 11 is 0. The lowest BCUT2D eigenvalue weighted by Crippen LogP contribution is -2.39. The Bertz CT molecular complexity index is 792. The van der Waals surface area contributed by atoms with Gasteiger partial charge in [0.25, 0.3) is 0 Å². The van der Waals surface area contributed by atoms with Crippen LogP contribution in [0, 0.1) is 0 Å². The van der Waals surface area contributed by atoms with Gasteiger partial charge < -0.3 is 25.0 Å². The van der Waals surface area contributed by atoms with Crippen LogP contribution in [-0.4, -0.2) is 38.7 Å². The summed E-state index contributed by atoms with van der Waals surface area (Å²) < 4.78 is 10.3. The highest BCUT2D eigenvalue weighted by atomic mass is 16.5. The first-order valence-corrected chi connectivity index (χ1v) is 8.25. The summed E-state index contributed by atoms with van der Waals surface area (Å²) in [5.41, 5.74) is 1.41. The van der Waals surface area contributed by atoms with Crippen LogP contribution in [0.1, 0.15) is 6.42 Å². The van der Waals surface area contributed by atoms with E-state index in [0.29, 0.717) is 23.7 Å². The first-order valence-electron chi connectivity index (χ1n) is 8.25. The Morgan fingerprint density at radius 1 is 1.08 bits per heavy atom. The zero-order valence-electron chi connectivity index (χ0n) is 14.7. The second kappa shape index (κ2) is 7.77. The van der Waals surface area contributed by atoms with Gasteiger partial charge in [-0.1, -0.05) is 6.07 Å². The number of hydrogen-bond acceptors (Lipinski definition) is 4. The molecular formula is C19H21N3O4. The summed E-state index contributed by atoms with van der Waals surface area (Å²) in [5, 5.41) is 5.59. The SMILES string of the molecule is COc1ccc(NC(=O)N[C@H]2CC(=O)N(c3cccc(OC)c3)C2)cc1. The van der Waals surface area contributed by atoms with E-state index in [9.17, 15) is 9.59 Å².